The van der Waals surface area contributed by atoms with Gasteiger partial charge in [0.2, 0.25) is 5.91 Å². The van der Waals surface area contributed by atoms with E-state index < -0.39 is 0 Å². The molecule has 33 heavy (non-hydrogen) atoms. The molecule has 1 aliphatic heterocycles. The number of methoxy groups -OCH3 is 1. The number of carbonyl (C=O) groups excluding carboxylic acids is 1. The van der Waals surface area contributed by atoms with Gasteiger partial charge in [-0.2, -0.15) is 0 Å². The maximum absolute atomic E-state index is 12.6. The molecule has 3 aromatic rings. The van der Waals surface area contributed by atoms with E-state index in [4.69, 9.17) is 26.3 Å². The lowest BCUT2D eigenvalue weighted by molar-refractivity contribution is -0.113. The van der Waals surface area contributed by atoms with Crippen LogP contribution in [-0.4, -0.2) is 29.5 Å². The van der Waals surface area contributed by atoms with Crippen molar-refractivity contribution in [1.82, 2.24) is 0 Å². The number of nitrogens with one attached hydrogen (secondary N) is 1. The molecule has 1 heterocycles. The van der Waals surface area contributed by atoms with Crippen LogP contribution in [0.25, 0.3) is 0 Å². The molecule has 1 amide bonds. The second-order valence-electron chi connectivity index (χ2n) is 7.71. The molecule has 5 nitrogen and oxygen atoms in total. The molecule has 0 aliphatic carbocycles. The average Bonchev–Trinajstić information content (AvgIpc) is 2.98. The van der Waals surface area contributed by atoms with Crippen molar-refractivity contribution in [3.63, 3.8) is 0 Å². The Hall–Kier alpha value is -3.09. The number of carbonyl (C=O) groups is 1. The first kappa shape index (κ1) is 23.1. The number of hydrogen-bond acceptors (Lipinski definition) is 5. The Bertz CT molecular complexity index is 1250. The van der Waals surface area contributed by atoms with Crippen molar-refractivity contribution in [3.8, 4) is 5.75 Å². The van der Waals surface area contributed by atoms with Gasteiger partial charge in [-0.1, -0.05) is 23.7 Å². The number of rotatable bonds is 5. The Morgan fingerprint density at radius 2 is 1.70 bits per heavy atom. The molecule has 1 N–H and O–H groups in total. The number of benzene rings is 3. The molecule has 168 valence electrons. The van der Waals surface area contributed by atoms with Gasteiger partial charge in [0.15, 0.2) is 0 Å². The van der Waals surface area contributed by atoms with Crippen LogP contribution < -0.4 is 10.1 Å². The lowest BCUT2D eigenvalue weighted by Gasteiger charge is -2.09. The minimum absolute atomic E-state index is 0.136. The summed E-state index contributed by atoms with van der Waals surface area (Å²) in [6.45, 7) is 4.13. The van der Waals surface area contributed by atoms with Gasteiger partial charge in [0.25, 0.3) is 0 Å². The van der Waals surface area contributed by atoms with Gasteiger partial charge < -0.3 is 10.1 Å². The van der Waals surface area contributed by atoms with E-state index in [0.29, 0.717) is 17.1 Å². The van der Waals surface area contributed by atoms with Crippen molar-refractivity contribution in [3.05, 3.63) is 82.4 Å². The van der Waals surface area contributed by atoms with Crippen LogP contribution in [0, 0.1) is 13.8 Å². The summed E-state index contributed by atoms with van der Waals surface area (Å²) in [6.07, 6.45) is 0.531. The van der Waals surface area contributed by atoms with Crippen LogP contribution in [0.3, 0.4) is 0 Å². The zero-order chi connectivity index (χ0) is 23.4. The van der Waals surface area contributed by atoms with Gasteiger partial charge in [-0.15, -0.1) is 11.8 Å². The van der Waals surface area contributed by atoms with Gasteiger partial charge in [-0.3, -0.25) is 9.79 Å². The number of aryl methyl sites for hydroxylation is 2. The van der Waals surface area contributed by atoms with Gasteiger partial charge in [0, 0.05) is 6.42 Å². The van der Waals surface area contributed by atoms with Crippen molar-refractivity contribution < 1.29 is 9.53 Å². The minimum atomic E-state index is -0.136. The Morgan fingerprint density at radius 3 is 2.36 bits per heavy atom. The van der Waals surface area contributed by atoms with E-state index in [2.05, 4.69) is 31.3 Å². The molecule has 0 fully saturated rings. The highest BCUT2D eigenvalue weighted by Crippen LogP contribution is 2.36. The van der Waals surface area contributed by atoms with Crippen LogP contribution in [0.5, 0.6) is 5.75 Å². The monoisotopic (exact) mass is 477 g/mol. The molecule has 0 saturated heterocycles. The highest BCUT2D eigenvalue weighted by Gasteiger charge is 2.18. The molecule has 1 aliphatic rings. The highest BCUT2D eigenvalue weighted by atomic mass is 35.5. The van der Waals surface area contributed by atoms with Crippen molar-refractivity contribution in [2.75, 3.05) is 18.2 Å². The summed E-state index contributed by atoms with van der Waals surface area (Å²) in [5.74, 6) is 0.878. The molecular weight excluding hydrogens is 454 g/mol. The quantitative estimate of drug-likeness (QED) is 0.435. The molecule has 0 aromatic heterocycles. The van der Waals surface area contributed by atoms with E-state index in [1.807, 2.05) is 36.4 Å². The van der Waals surface area contributed by atoms with Gasteiger partial charge in [0.1, 0.15) is 5.75 Å². The summed E-state index contributed by atoms with van der Waals surface area (Å²) >= 11 is 7.57. The topological polar surface area (TPSA) is 63.1 Å². The minimum Gasteiger partial charge on any atom is -0.497 e. The Balaban J connectivity index is 1.59. The second-order valence-corrected chi connectivity index (χ2v) is 9.17. The van der Waals surface area contributed by atoms with Gasteiger partial charge in [-0.25, -0.2) is 4.99 Å². The molecule has 0 unspecified atom stereocenters. The van der Waals surface area contributed by atoms with Crippen molar-refractivity contribution in [2.45, 2.75) is 20.3 Å². The predicted octanol–water partition coefficient (Wildman–Crippen LogP) is 6.89. The molecule has 3 aromatic carbocycles. The highest BCUT2D eigenvalue weighted by molar-refractivity contribution is 8.14. The average molecular weight is 478 g/mol. The van der Waals surface area contributed by atoms with Crippen molar-refractivity contribution in [2.24, 2.45) is 9.98 Å². The van der Waals surface area contributed by atoms with Crippen molar-refractivity contribution in [1.29, 1.82) is 0 Å². The summed E-state index contributed by atoms with van der Waals surface area (Å²) in [7, 11) is 1.65. The zero-order valence-electron chi connectivity index (χ0n) is 18.7. The first-order chi connectivity index (χ1) is 15.9. The SMILES string of the molecule is COc1ccc(C2=Nc3cc(C)c(C)cc3N=C(SCC(=O)Nc3ccccc3Cl)C2)cc1. The van der Waals surface area contributed by atoms with Crippen LogP contribution in [0.2, 0.25) is 5.02 Å². The molecule has 0 radical (unpaired) electrons. The maximum Gasteiger partial charge on any atom is 0.234 e. The molecule has 4 rings (SSSR count). The van der Waals surface area contributed by atoms with Gasteiger partial charge in [-0.05, 0) is 79.1 Å². The lowest BCUT2D eigenvalue weighted by Crippen LogP contribution is -2.16. The first-order valence-electron chi connectivity index (χ1n) is 10.5. The van der Waals surface area contributed by atoms with Crippen LogP contribution >= 0.6 is 23.4 Å². The van der Waals surface area contributed by atoms with Crippen molar-refractivity contribution >= 4 is 57.1 Å². The zero-order valence-corrected chi connectivity index (χ0v) is 20.3. The van der Waals surface area contributed by atoms with Crippen LogP contribution in [0.15, 0.2) is 70.6 Å². The van der Waals surface area contributed by atoms with Crippen LogP contribution in [-0.2, 0) is 4.79 Å². The van der Waals surface area contributed by atoms with E-state index >= 15 is 0 Å². The third kappa shape index (κ3) is 5.64. The molecule has 0 atom stereocenters. The Morgan fingerprint density at radius 1 is 1.03 bits per heavy atom. The van der Waals surface area contributed by atoms with E-state index in [0.717, 1.165) is 44.6 Å². The fourth-order valence-corrected chi connectivity index (χ4v) is 4.35. The van der Waals surface area contributed by atoms with E-state index in [9.17, 15) is 4.79 Å². The summed E-state index contributed by atoms with van der Waals surface area (Å²) in [4.78, 5) is 22.4. The number of halogens is 1. The molecule has 0 saturated carbocycles. The number of para-hydroxylation sites is 1. The largest absolute Gasteiger partial charge is 0.497 e. The number of amides is 1. The number of aliphatic imine (C=N–C) groups is 2. The Labute approximate surface area is 203 Å². The fourth-order valence-electron chi connectivity index (χ4n) is 3.40. The molecule has 0 bridgehead atoms. The molecule has 0 spiro atoms. The number of ether oxygens (including phenoxy) is 1. The standard InChI is InChI=1S/C26H24ClN3O2S/c1-16-12-23-24(13-17(16)2)30-26(14-22(28-23)18-8-10-19(32-3)11-9-18)33-15-25(31)29-21-7-5-4-6-20(21)27/h4-13H,14-15H2,1-3H3,(H,29,31). The number of thioether (sulfide) groups is 1. The van der Waals surface area contributed by atoms with Gasteiger partial charge >= 0.3 is 0 Å². The van der Waals surface area contributed by atoms with E-state index in [1.54, 1.807) is 19.2 Å². The normalized spacial score (nSPS) is 12.8. The summed E-state index contributed by atoms with van der Waals surface area (Å²) in [5, 5.41) is 4.21. The second kappa shape index (κ2) is 10.2. The summed E-state index contributed by atoms with van der Waals surface area (Å²) < 4.78 is 5.29. The number of fused-ring (bicyclic) bond motifs is 1. The number of anilines is 1. The third-order valence-corrected chi connectivity index (χ3v) is 6.66. The van der Waals surface area contributed by atoms with E-state index in [1.165, 1.54) is 11.8 Å². The molecular formula is C26H24ClN3O2S. The third-order valence-electron chi connectivity index (χ3n) is 5.35. The maximum atomic E-state index is 12.6. The van der Waals surface area contributed by atoms with Crippen LogP contribution in [0.1, 0.15) is 23.1 Å². The summed E-state index contributed by atoms with van der Waals surface area (Å²) in [6, 6.07) is 19.1. The molecule has 7 heteroatoms. The van der Waals surface area contributed by atoms with Gasteiger partial charge in [0.05, 0.1) is 45.7 Å². The number of nitrogens with zero attached hydrogens (tertiary/aromatic N) is 2. The van der Waals surface area contributed by atoms with E-state index in [-0.39, 0.29) is 11.7 Å². The summed E-state index contributed by atoms with van der Waals surface area (Å²) in [5.41, 5.74) is 6.46. The first-order valence-corrected chi connectivity index (χ1v) is 11.9. The lowest BCUT2D eigenvalue weighted by atomic mass is 10.1. The Kier molecular flexibility index (Phi) is 7.16. The number of hydrogen-bond donors (Lipinski definition) is 1. The van der Waals surface area contributed by atoms with Crippen LogP contribution in [0.4, 0.5) is 17.1 Å². The predicted molar refractivity (Wildman–Crippen MR) is 139 cm³/mol. The fraction of sp³-hybridized carbons (Fsp3) is 0.192. The smallest absolute Gasteiger partial charge is 0.234 e.